The van der Waals surface area contributed by atoms with E-state index in [1.807, 2.05) is 0 Å². The smallest absolute Gasteiger partial charge is 0.0558 e. The molecule has 1 atom stereocenters. The van der Waals surface area contributed by atoms with Crippen LogP contribution in [0.1, 0.15) is 31.2 Å². The fourth-order valence-electron chi connectivity index (χ4n) is 2.97. The van der Waals surface area contributed by atoms with Gasteiger partial charge in [-0.25, -0.2) is 0 Å². The molecule has 0 spiro atoms. The van der Waals surface area contributed by atoms with E-state index in [1.165, 1.54) is 31.2 Å². The molecule has 3 heteroatoms. The molecular weight excluding hydrogens is 248 g/mol. The van der Waals surface area contributed by atoms with Gasteiger partial charge in [-0.1, -0.05) is 30.3 Å². The normalized spacial score (nSPS) is 18.8. The first-order valence-electron chi connectivity index (χ1n) is 7.99. The number of hydrogen-bond donors (Lipinski definition) is 2. The van der Waals surface area contributed by atoms with Gasteiger partial charge in [0.05, 0.1) is 6.61 Å². The molecule has 1 saturated heterocycles. The molecule has 0 aliphatic carbocycles. The largest absolute Gasteiger partial charge is 0.395 e. The minimum absolute atomic E-state index is 0.269. The number of benzene rings is 1. The number of unbranched alkanes of at least 4 members (excludes halogenated alkanes) is 1. The number of aryl methyl sites for hydroxylation is 1. The molecule has 112 valence electrons. The maximum absolute atomic E-state index is 9.18. The van der Waals surface area contributed by atoms with Crippen molar-refractivity contribution in [2.24, 2.45) is 0 Å². The van der Waals surface area contributed by atoms with E-state index < -0.39 is 0 Å². The zero-order valence-electron chi connectivity index (χ0n) is 12.4. The highest BCUT2D eigenvalue weighted by Gasteiger charge is 2.17. The van der Waals surface area contributed by atoms with E-state index in [1.54, 1.807) is 0 Å². The molecule has 0 bridgehead atoms. The molecule has 2 N–H and O–H groups in total. The van der Waals surface area contributed by atoms with Crippen molar-refractivity contribution < 1.29 is 5.11 Å². The van der Waals surface area contributed by atoms with Crippen LogP contribution in [0.25, 0.3) is 0 Å². The Morgan fingerprint density at radius 1 is 1.15 bits per heavy atom. The second kappa shape index (κ2) is 9.11. The van der Waals surface area contributed by atoms with Crippen LogP contribution in [0.2, 0.25) is 0 Å². The first-order valence-corrected chi connectivity index (χ1v) is 7.99. The van der Waals surface area contributed by atoms with Crippen LogP contribution in [0, 0.1) is 0 Å². The first kappa shape index (κ1) is 15.5. The van der Waals surface area contributed by atoms with Crippen LogP contribution in [0.5, 0.6) is 0 Å². The Morgan fingerprint density at radius 3 is 2.70 bits per heavy atom. The van der Waals surface area contributed by atoms with Crippen LogP contribution >= 0.6 is 0 Å². The zero-order chi connectivity index (χ0) is 14.0. The third kappa shape index (κ3) is 5.61. The van der Waals surface area contributed by atoms with E-state index in [9.17, 15) is 5.11 Å². The van der Waals surface area contributed by atoms with Gasteiger partial charge in [-0.3, -0.25) is 4.90 Å². The standard InChI is InChI=1S/C17H28N2O/c20-14-13-19(15-17-10-6-11-18-17)12-5-4-9-16-7-2-1-3-8-16/h1-3,7-8,17-18,20H,4-6,9-15H2. The average Bonchev–Trinajstić information content (AvgIpc) is 2.98. The summed E-state index contributed by atoms with van der Waals surface area (Å²) in [7, 11) is 0. The highest BCUT2D eigenvalue weighted by Crippen LogP contribution is 2.09. The van der Waals surface area contributed by atoms with Gasteiger partial charge in [0.15, 0.2) is 0 Å². The van der Waals surface area contributed by atoms with Crippen molar-refractivity contribution in [1.82, 2.24) is 10.2 Å². The monoisotopic (exact) mass is 276 g/mol. The lowest BCUT2D eigenvalue weighted by Crippen LogP contribution is -2.39. The molecular formula is C17H28N2O. The van der Waals surface area contributed by atoms with Crippen LogP contribution in [-0.2, 0) is 6.42 Å². The van der Waals surface area contributed by atoms with Gasteiger partial charge in [0.25, 0.3) is 0 Å². The van der Waals surface area contributed by atoms with Gasteiger partial charge in [-0.15, -0.1) is 0 Å². The molecule has 1 aliphatic heterocycles. The lowest BCUT2D eigenvalue weighted by molar-refractivity contribution is 0.182. The van der Waals surface area contributed by atoms with Gasteiger partial charge >= 0.3 is 0 Å². The van der Waals surface area contributed by atoms with Crippen molar-refractivity contribution in [2.75, 3.05) is 32.8 Å². The Kier molecular flexibility index (Phi) is 7.06. The molecule has 1 aliphatic rings. The Balaban J connectivity index is 1.63. The molecule has 0 aromatic heterocycles. The van der Waals surface area contributed by atoms with Gasteiger partial charge in [0, 0.05) is 19.1 Å². The number of hydrogen-bond acceptors (Lipinski definition) is 3. The van der Waals surface area contributed by atoms with Gasteiger partial charge in [0.1, 0.15) is 0 Å². The second-order valence-electron chi connectivity index (χ2n) is 5.76. The lowest BCUT2D eigenvalue weighted by atomic mass is 10.1. The van der Waals surface area contributed by atoms with E-state index in [0.29, 0.717) is 6.04 Å². The molecule has 2 rings (SSSR count). The number of aliphatic hydroxyl groups is 1. The first-order chi connectivity index (χ1) is 9.88. The Morgan fingerprint density at radius 2 is 2.00 bits per heavy atom. The summed E-state index contributed by atoms with van der Waals surface area (Å²) >= 11 is 0. The Bertz CT molecular complexity index is 349. The quantitative estimate of drug-likeness (QED) is 0.678. The molecule has 0 radical (unpaired) electrons. The van der Waals surface area contributed by atoms with E-state index in [4.69, 9.17) is 0 Å². The highest BCUT2D eigenvalue weighted by atomic mass is 16.3. The maximum atomic E-state index is 9.18. The molecule has 1 aromatic carbocycles. The summed E-state index contributed by atoms with van der Waals surface area (Å²) < 4.78 is 0. The predicted molar refractivity (Wildman–Crippen MR) is 83.9 cm³/mol. The molecule has 0 saturated carbocycles. The highest BCUT2D eigenvalue weighted by molar-refractivity contribution is 5.14. The summed E-state index contributed by atoms with van der Waals surface area (Å²) in [5.41, 5.74) is 1.43. The van der Waals surface area contributed by atoms with E-state index in [2.05, 4.69) is 40.5 Å². The van der Waals surface area contributed by atoms with Crippen LogP contribution in [0.4, 0.5) is 0 Å². The van der Waals surface area contributed by atoms with Crippen LogP contribution in [0.15, 0.2) is 30.3 Å². The van der Waals surface area contributed by atoms with E-state index in [0.717, 1.165) is 32.6 Å². The van der Waals surface area contributed by atoms with Crippen LogP contribution < -0.4 is 5.32 Å². The summed E-state index contributed by atoms with van der Waals surface area (Å²) in [5.74, 6) is 0. The third-order valence-corrected chi connectivity index (χ3v) is 4.09. The minimum atomic E-state index is 0.269. The summed E-state index contributed by atoms with van der Waals surface area (Å²) in [4.78, 5) is 2.41. The van der Waals surface area contributed by atoms with E-state index in [-0.39, 0.29) is 6.61 Å². The molecule has 1 heterocycles. The number of nitrogens with zero attached hydrogens (tertiary/aromatic N) is 1. The predicted octanol–water partition coefficient (Wildman–Crippen LogP) is 2.06. The SMILES string of the molecule is OCCN(CCCCc1ccccc1)CC1CCCN1. The van der Waals surface area contributed by atoms with Crippen molar-refractivity contribution in [1.29, 1.82) is 0 Å². The van der Waals surface area contributed by atoms with Crippen molar-refractivity contribution in [2.45, 2.75) is 38.1 Å². The van der Waals surface area contributed by atoms with Crippen molar-refractivity contribution in [3.63, 3.8) is 0 Å². The summed E-state index contributed by atoms with van der Waals surface area (Å²) in [6.45, 7) is 4.43. The zero-order valence-corrected chi connectivity index (χ0v) is 12.4. The molecule has 20 heavy (non-hydrogen) atoms. The van der Waals surface area contributed by atoms with Crippen molar-refractivity contribution >= 4 is 0 Å². The second-order valence-corrected chi connectivity index (χ2v) is 5.76. The molecule has 1 fully saturated rings. The lowest BCUT2D eigenvalue weighted by Gasteiger charge is -2.24. The fraction of sp³-hybridized carbons (Fsp3) is 0.647. The summed E-state index contributed by atoms with van der Waals surface area (Å²) in [5, 5.41) is 12.7. The van der Waals surface area contributed by atoms with Gasteiger partial charge in [-0.05, 0) is 50.8 Å². The van der Waals surface area contributed by atoms with Gasteiger partial charge in [-0.2, -0.15) is 0 Å². The van der Waals surface area contributed by atoms with Crippen LogP contribution in [-0.4, -0.2) is 48.8 Å². The topological polar surface area (TPSA) is 35.5 Å². The average molecular weight is 276 g/mol. The van der Waals surface area contributed by atoms with Gasteiger partial charge in [0.2, 0.25) is 0 Å². The number of rotatable bonds is 9. The number of nitrogens with one attached hydrogen (secondary N) is 1. The minimum Gasteiger partial charge on any atom is -0.395 e. The maximum Gasteiger partial charge on any atom is 0.0558 e. The molecule has 1 aromatic rings. The fourth-order valence-corrected chi connectivity index (χ4v) is 2.97. The van der Waals surface area contributed by atoms with Gasteiger partial charge < -0.3 is 10.4 Å². The molecule has 0 amide bonds. The number of aliphatic hydroxyl groups excluding tert-OH is 1. The third-order valence-electron chi connectivity index (χ3n) is 4.09. The Labute approximate surface area is 123 Å². The summed E-state index contributed by atoms with van der Waals surface area (Å²) in [6, 6.07) is 11.3. The van der Waals surface area contributed by atoms with Crippen molar-refractivity contribution in [3.8, 4) is 0 Å². The van der Waals surface area contributed by atoms with Crippen molar-refractivity contribution in [3.05, 3.63) is 35.9 Å². The molecule has 3 nitrogen and oxygen atoms in total. The summed E-state index contributed by atoms with van der Waals surface area (Å²) in [6.07, 6.45) is 6.18. The Hall–Kier alpha value is -0.900. The molecule has 1 unspecified atom stereocenters. The van der Waals surface area contributed by atoms with E-state index >= 15 is 0 Å². The van der Waals surface area contributed by atoms with Crippen LogP contribution in [0.3, 0.4) is 0 Å².